The molecule has 0 spiro atoms. The quantitative estimate of drug-likeness (QED) is 0.384. The Morgan fingerprint density at radius 2 is 1.65 bits per heavy atom. The average molecular weight is 346 g/mol. The maximum atomic E-state index is 12.8. The first-order chi connectivity index (χ1) is 12.7. The molecule has 4 rings (SSSR count). The lowest BCUT2D eigenvalue weighted by Crippen LogP contribution is -2.09. The fraction of sp³-hybridized carbons (Fsp3) is 0.227. The number of aromatic nitrogens is 2. The maximum absolute atomic E-state index is 12.8. The molecule has 2 aromatic carbocycles. The summed E-state index contributed by atoms with van der Waals surface area (Å²) in [7, 11) is 1.99. The van der Waals surface area contributed by atoms with Crippen LogP contribution in [0.15, 0.2) is 71.8 Å². The van der Waals surface area contributed by atoms with Gasteiger partial charge in [0.1, 0.15) is 5.75 Å². The molecule has 2 aromatic heterocycles. The number of aryl methyl sites for hydroxylation is 2. The molecular weight excluding hydrogens is 324 g/mol. The minimum absolute atomic E-state index is 0.0618. The fourth-order valence-electron chi connectivity index (χ4n) is 3.42. The van der Waals surface area contributed by atoms with Gasteiger partial charge in [-0.1, -0.05) is 12.1 Å². The van der Waals surface area contributed by atoms with Gasteiger partial charge >= 0.3 is 0 Å². The van der Waals surface area contributed by atoms with Crippen LogP contribution in [0.1, 0.15) is 12.8 Å². The summed E-state index contributed by atoms with van der Waals surface area (Å²) in [5, 5.41) is 1.45. The Labute approximate surface area is 152 Å². The molecular formula is C22H22N2O2. The average Bonchev–Trinajstić information content (AvgIpc) is 3.19. The summed E-state index contributed by atoms with van der Waals surface area (Å²) in [4.78, 5) is 12.8. The summed E-state index contributed by atoms with van der Waals surface area (Å²) >= 11 is 0. The Balaban J connectivity index is 1.51. The molecule has 4 aromatic rings. The second-order valence-corrected chi connectivity index (χ2v) is 6.56. The highest BCUT2D eigenvalue weighted by atomic mass is 16.5. The number of nitrogens with zero attached hydrogens (tertiary/aromatic N) is 2. The number of para-hydroxylation sites is 1. The van der Waals surface area contributed by atoms with Crippen molar-refractivity contribution in [3.05, 3.63) is 77.2 Å². The number of hydrogen-bond donors (Lipinski definition) is 0. The number of unbranched alkanes of at least 4 members (excludes halogenated alkanes) is 1. The Morgan fingerprint density at radius 1 is 0.885 bits per heavy atom. The van der Waals surface area contributed by atoms with Crippen LogP contribution in [0.5, 0.6) is 5.75 Å². The highest BCUT2D eigenvalue weighted by Gasteiger charge is 2.09. The first kappa shape index (κ1) is 16.5. The predicted octanol–water partition coefficient (Wildman–Crippen LogP) is 4.35. The van der Waals surface area contributed by atoms with E-state index in [1.807, 2.05) is 61.6 Å². The van der Waals surface area contributed by atoms with Gasteiger partial charge in [-0.3, -0.25) is 4.79 Å². The van der Waals surface area contributed by atoms with Crippen molar-refractivity contribution in [2.45, 2.75) is 19.4 Å². The molecule has 0 aliphatic rings. The molecule has 0 saturated heterocycles. The Kier molecular flexibility index (Phi) is 4.48. The summed E-state index contributed by atoms with van der Waals surface area (Å²) < 4.78 is 10.1. The molecule has 26 heavy (non-hydrogen) atoms. The summed E-state index contributed by atoms with van der Waals surface area (Å²) in [6, 6.07) is 17.6. The van der Waals surface area contributed by atoms with Gasteiger partial charge in [0.25, 0.3) is 0 Å². The van der Waals surface area contributed by atoms with Crippen LogP contribution in [0.3, 0.4) is 0 Å². The standard InChI is InChI=1S/C22H22N2O2/c1-23-20-9-3-2-8-18(20)22(25)19-16-17(10-11-21(19)23)26-15-7-6-14-24-12-4-5-13-24/h2-5,8-13,16H,6-7,14-15H2,1H3. The van der Waals surface area contributed by atoms with Crippen molar-refractivity contribution in [2.75, 3.05) is 6.61 Å². The van der Waals surface area contributed by atoms with Gasteiger partial charge in [0.05, 0.1) is 17.6 Å². The highest BCUT2D eigenvalue weighted by Crippen LogP contribution is 2.22. The molecule has 2 heterocycles. The Morgan fingerprint density at radius 3 is 2.50 bits per heavy atom. The van der Waals surface area contributed by atoms with Crippen molar-refractivity contribution < 1.29 is 4.74 Å². The van der Waals surface area contributed by atoms with Crippen LogP contribution in [0, 0.1) is 0 Å². The van der Waals surface area contributed by atoms with Gasteiger partial charge in [0.15, 0.2) is 5.43 Å². The van der Waals surface area contributed by atoms with Crippen molar-refractivity contribution in [3.8, 4) is 5.75 Å². The summed E-state index contributed by atoms with van der Waals surface area (Å²) in [5.41, 5.74) is 1.93. The largest absolute Gasteiger partial charge is 0.494 e. The molecule has 0 atom stereocenters. The Bertz CT molecular complexity index is 1090. The minimum Gasteiger partial charge on any atom is -0.494 e. The van der Waals surface area contributed by atoms with E-state index in [0.29, 0.717) is 12.0 Å². The van der Waals surface area contributed by atoms with Crippen molar-refractivity contribution in [2.24, 2.45) is 7.05 Å². The molecule has 0 unspecified atom stereocenters. The van der Waals surface area contributed by atoms with Crippen LogP contribution in [0.4, 0.5) is 0 Å². The first-order valence-corrected chi connectivity index (χ1v) is 8.99. The number of ether oxygens (including phenoxy) is 1. The molecule has 0 amide bonds. The normalized spacial score (nSPS) is 11.3. The molecule has 0 fully saturated rings. The van der Waals surface area contributed by atoms with Gasteiger partial charge in [0.2, 0.25) is 0 Å². The van der Waals surface area contributed by atoms with Crippen LogP contribution in [0.25, 0.3) is 21.8 Å². The Hall–Kier alpha value is -3.01. The van der Waals surface area contributed by atoms with Crippen molar-refractivity contribution in [1.82, 2.24) is 9.13 Å². The molecule has 4 nitrogen and oxygen atoms in total. The molecule has 0 aliphatic heterocycles. The summed E-state index contributed by atoms with van der Waals surface area (Å²) in [6.07, 6.45) is 6.19. The van der Waals surface area contributed by atoms with Crippen LogP contribution in [-0.4, -0.2) is 15.7 Å². The van der Waals surface area contributed by atoms with Gasteiger partial charge in [-0.25, -0.2) is 0 Å². The lowest BCUT2D eigenvalue weighted by Gasteiger charge is -2.12. The molecule has 0 saturated carbocycles. The number of pyridine rings is 1. The molecule has 132 valence electrons. The third-order valence-electron chi connectivity index (χ3n) is 4.83. The number of hydrogen-bond acceptors (Lipinski definition) is 2. The monoisotopic (exact) mass is 346 g/mol. The van der Waals surface area contributed by atoms with Crippen molar-refractivity contribution in [3.63, 3.8) is 0 Å². The highest BCUT2D eigenvalue weighted by molar-refractivity contribution is 5.93. The SMILES string of the molecule is Cn1c2ccccc2c(=O)c2cc(OCCCCn3cccc3)ccc21. The van der Waals surface area contributed by atoms with E-state index in [-0.39, 0.29) is 5.43 Å². The lowest BCUT2D eigenvalue weighted by molar-refractivity contribution is 0.303. The fourth-order valence-corrected chi connectivity index (χ4v) is 3.42. The van der Waals surface area contributed by atoms with E-state index in [1.54, 1.807) is 0 Å². The molecule has 0 aliphatic carbocycles. The van der Waals surface area contributed by atoms with E-state index < -0.39 is 0 Å². The van der Waals surface area contributed by atoms with E-state index in [4.69, 9.17) is 4.74 Å². The molecule has 4 heteroatoms. The zero-order chi connectivity index (χ0) is 17.9. The smallest absolute Gasteiger partial charge is 0.197 e. The van der Waals surface area contributed by atoms with E-state index in [9.17, 15) is 4.79 Å². The lowest BCUT2D eigenvalue weighted by atomic mass is 10.1. The molecule has 0 radical (unpaired) electrons. The summed E-state index contributed by atoms with van der Waals surface area (Å²) in [6.45, 7) is 1.65. The number of benzene rings is 2. The van der Waals surface area contributed by atoms with Gasteiger partial charge in [-0.05, 0) is 55.3 Å². The first-order valence-electron chi connectivity index (χ1n) is 8.99. The molecule has 0 bridgehead atoms. The van der Waals surface area contributed by atoms with Crippen LogP contribution >= 0.6 is 0 Å². The topological polar surface area (TPSA) is 36.2 Å². The van der Waals surface area contributed by atoms with Gasteiger partial charge in [0, 0.05) is 36.8 Å². The van der Waals surface area contributed by atoms with Gasteiger partial charge in [-0.2, -0.15) is 0 Å². The second kappa shape index (κ2) is 7.08. The number of fused-ring (bicyclic) bond motifs is 2. The predicted molar refractivity (Wildman–Crippen MR) is 106 cm³/mol. The van der Waals surface area contributed by atoms with Crippen LogP contribution in [-0.2, 0) is 13.6 Å². The second-order valence-electron chi connectivity index (χ2n) is 6.56. The maximum Gasteiger partial charge on any atom is 0.197 e. The van der Waals surface area contributed by atoms with E-state index in [1.165, 1.54) is 0 Å². The number of rotatable bonds is 6. The zero-order valence-electron chi connectivity index (χ0n) is 14.9. The van der Waals surface area contributed by atoms with Gasteiger partial charge < -0.3 is 13.9 Å². The molecule has 0 N–H and O–H groups in total. The van der Waals surface area contributed by atoms with E-state index >= 15 is 0 Å². The van der Waals surface area contributed by atoms with Gasteiger partial charge in [-0.15, -0.1) is 0 Å². The van der Waals surface area contributed by atoms with Crippen molar-refractivity contribution in [1.29, 1.82) is 0 Å². The summed E-state index contributed by atoms with van der Waals surface area (Å²) in [5.74, 6) is 0.755. The van der Waals surface area contributed by atoms with E-state index in [0.717, 1.165) is 41.6 Å². The van der Waals surface area contributed by atoms with E-state index in [2.05, 4.69) is 21.5 Å². The van der Waals surface area contributed by atoms with Crippen LogP contribution in [0.2, 0.25) is 0 Å². The van der Waals surface area contributed by atoms with Crippen molar-refractivity contribution >= 4 is 21.8 Å². The minimum atomic E-state index is 0.0618. The third kappa shape index (κ3) is 3.10. The van der Waals surface area contributed by atoms with Crippen LogP contribution < -0.4 is 10.2 Å². The zero-order valence-corrected chi connectivity index (χ0v) is 14.9. The third-order valence-corrected chi connectivity index (χ3v) is 4.83.